The molecule has 0 aliphatic heterocycles. The van der Waals surface area contributed by atoms with Gasteiger partial charge in [-0.2, -0.15) is 0 Å². The van der Waals surface area contributed by atoms with Crippen LogP contribution in [-0.2, 0) is 9.53 Å². The number of rotatable bonds is 7. The summed E-state index contributed by atoms with van der Waals surface area (Å²) in [6.45, 7) is 10.9. The van der Waals surface area contributed by atoms with E-state index in [1.165, 1.54) is 12.1 Å². The van der Waals surface area contributed by atoms with Crippen molar-refractivity contribution in [3.63, 3.8) is 0 Å². The monoisotopic (exact) mass is 390 g/mol. The van der Waals surface area contributed by atoms with Gasteiger partial charge >= 0.3 is 5.97 Å². The molecule has 0 aliphatic carbocycles. The second-order valence-electron chi connectivity index (χ2n) is 7.27. The van der Waals surface area contributed by atoms with Crippen molar-refractivity contribution in [1.82, 2.24) is 0 Å². The van der Waals surface area contributed by atoms with Crippen LogP contribution < -0.4 is 9.47 Å². The topological polar surface area (TPSA) is 44.8 Å². The molecule has 0 amide bonds. The summed E-state index contributed by atoms with van der Waals surface area (Å²) in [5, 5.41) is 0. The maximum absolute atomic E-state index is 14.3. The Bertz CT molecular complexity index is 829. The van der Waals surface area contributed by atoms with Crippen molar-refractivity contribution in [2.24, 2.45) is 0 Å². The van der Waals surface area contributed by atoms with Gasteiger partial charge in [-0.05, 0) is 63.1 Å². The largest absolute Gasteiger partial charge is 0.485 e. The molecule has 2 rings (SSSR count). The van der Waals surface area contributed by atoms with Gasteiger partial charge in [0.2, 0.25) is 0 Å². The molecule has 0 bridgehead atoms. The molecular formula is C22H24F2O4. The Hall–Kier alpha value is -2.73. The van der Waals surface area contributed by atoms with Crippen LogP contribution in [0.4, 0.5) is 8.78 Å². The van der Waals surface area contributed by atoms with E-state index in [1.54, 1.807) is 31.2 Å². The minimum Gasteiger partial charge on any atom is -0.485 e. The van der Waals surface area contributed by atoms with E-state index in [0.29, 0.717) is 16.9 Å². The summed E-state index contributed by atoms with van der Waals surface area (Å²) in [7, 11) is 0. The number of ether oxygens (including phenoxy) is 3. The van der Waals surface area contributed by atoms with Gasteiger partial charge in [0, 0.05) is 5.57 Å². The molecule has 0 aromatic heterocycles. The molecule has 0 radical (unpaired) electrons. The van der Waals surface area contributed by atoms with Gasteiger partial charge in [-0.1, -0.05) is 18.7 Å². The van der Waals surface area contributed by atoms with Crippen LogP contribution in [-0.4, -0.2) is 24.8 Å². The second-order valence-corrected chi connectivity index (χ2v) is 7.27. The minimum atomic E-state index is -0.802. The van der Waals surface area contributed by atoms with Crippen LogP contribution in [0.15, 0.2) is 48.6 Å². The van der Waals surface area contributed by atoms with Gasteiger partial charge in [-0.25, -0.2) is 13.6 Å². The highest BCUT2D eigenvalue weighted by atomic mass is 19.1. The summed E-state index contributed by atoms with van der Waals surface area (Å²) in [6.07, 6.45) is 0. The van der Waals surface area contributed by atoms with Crippen LogP contribution in [0.25, 0.3) is 11.1 Å². The van der Waals surface area contributed by atoms with Gasteiger partial charge in [0.15, 0.2) is 17.4 Å². The first-order chi connectivity index (χ1) is 13.1. The van der Waals surface area contributed by atoms with E-state index < -0.39 is 23.4 Å². The number of benzene rings is 2. The van der Waals surface area contributed by atoms with Crippen molar-refractivity contribution in [3.05, 3.63) is 60.2 Å². The Balaban J connectivity index is 2.09. The lowest BCUT2D eigenvalue weighted by molar-refractivity contribution is -0.130. The number of carbonyl (C=O) groups excluding carboxylic acids is 1. The molecule has 150 valence electrons. The van der Waals surface area contributed by atoms with Crippen LogP contribution in [0, 0.1) is 11.6 Å². The lowest BCUT2D eigenvalue weighted by Crippen LogP contribution is -2.22. The molecule has 0 fully saturated rings. The number of hydrogen-bond acceptors (Lipinski definition) is 4. The molecule has 28 heavy (non-hydrogen) atoms. The van der Waals surface area contributed by atoms with E-state index in [-0.39, 0.29) is 24.4 Å². The van der Waals surface area contributed by atoms with E-state index in [0.717, 1.165) is 0 Å². The van der Waals surface area contributed by atoms with Gasteiger partial charge < -0.3 is 14.2 Å². The first-order valence-electron chi connectivity index (χ1n) is 8.81. The molecule has 0 spiro atoms. The zero-order valence-electron chi connectivity index (χ0n) is 16.5. The Morgan fingerprint density at radius 3 is 2.07 bits per heavy atom. The zero-order valence-corrected chi connectivity index (χ0v) is 16.5. The highest BCUT2D eigenvalue weighted by molar-refractivity contribution is 5.88. The molecule has 2 aromatic rings. The molecule has 0 aliphatic rings. The standard InChI is InChI=1S/C22H24F2O4/c1-14(2)21(25)28-17-8-6-15(7-9-17)16-12-18(23)20(19(24)13-16)26-10-11-27-22(3,4)5/h6-9,12-13H,1,10-11H2,2-5H3. The molecule has 0 saturated carbocycles. The fourth-order valence-electron chi connectivity index (χ4n) is 2.27. The molecule has 0 heterocycles. The summed E-state index contributed by atoms with van der Waals surface area (Å²) >= 11 is 0. The number of halogens is 2. The Morgan fingerprint density at radius 1 is 1.00 bits per heavy atom. The summed E-state index contributed by atoms with van der Waals surface area (Å²) in [6, 6.07) is 8.68. The first-order valence-corrected chi connectivity index (χ1v) is 8.81. The van der Waals surface area contributed by atoms with E-state index in [9.17, 15) is 13.6 Å². The van der Waals surface area contributed by atoms with Crippen LogP contribution in [0.3, 0.4) is 0 Å². The summed E-state index contributed by atoms with van der Waals surface area (Å²) < 4.78 is 44.4. The lowest BCUT2D eigenvalue weighted by Gasteiger charge is -2.19. The van der Waals surface area contributed by atoms with Crippen molar-refractivity contribution in [2.75, 3.05) is 13.2 Å². The number of esters is 1. The first kappa shape index (κ1) is 21.6. The van der Waals surface area contributed by atoms with Crippen LogP contribution >= 0.6 is 0 Å². The van der Waals surface area contributed by atoms with Crippen LogP contribution in [0.5, 0.6) is 11.5 Å². The molecule has 0 atom stereocenters. The molecule has 6 heteroatoms. The molecule has 2 aromatic carbocycles. The van der Waals surface area contributed by atoms with Crippen LogP contribution in [0.2, 0.25) is 0 Å². The molecular weight excluding hydrogens is 366 g/mol. The zero-order chi connectivity index (χ0) is 20.9. The Labute approximate surface area is 163 Å². The predicted molar refractivity (Wildman–Crippen MR) is 103 cm³/mol. The van der Waals surface area contributed by atoms with Crippen LogP contribution in [0.1, 0.15) is 27.7 Å². The Kier molecular flexibility index (Phi) is 6.91. The molecule has 0 unspecified atom stereocenters. The summed E-state index contributed by atoms with van der Waals surface area (Å²) in [5.74, 6) is -2.27. The van der Waals surface area contributed by atoms with Crippen molar-refractivity contribution >= 4 is 5.97 Å². The van der Waals surface area contributed by atoms with Gasteiger partial charge in [-0.15, -0.1) is 0 Å². The van der Waals surface area contributed by atoms with E-state index >= 15 is 0 Å². The van der Waals surface area contributed by atoms with Crippen molar-refractivity contribution < 1.29 is 27.8 Å². The second kappa shape index (κ2) is 8.97. The maximum atomic E-state index is 14.3. The quantitative estimate of drug-likeness (QED) is 0.278. The summed E-state index contributed by atoms with van der Waals surface area (Å²) in [4.78, 5) is 11.5. The fraction of sp³-hybridized carbons (Fsp3) is 0.318. The van der Waals surface area contributed by atoms with E-state index in [1.807, 2.05) is 20.8 Å². The maximum Gasteiger partial charge on any atom is 0.338 e. The third kappa shape index (κ3) is 6.16. The van der Waals surface area contributed by atoms with Gasteiger partial charge in [0.1, 0.15) is 12.4 Å². The van der Waals surface area contributed by atoms with Crippen molar-refractivity contribution in [2.45, 2.75) is 33.3 Å². The minimum absolute atomic E-state index is 0.0350. The highest BCUT2D eigenvalue weighted by Gasteiger charge is 2.15. The van der Waals surface area contributed by atoms with E-state index in [4.69, 9.17) is 14.2 Å². The number of hydrogen-bond donors (Lipinski definition) is 0. The van der Waals surface area contributed by atoms with Gasteiger partial charge in [0.05, 0.1) is 12.2 Å². The fourth-order valence-corrected chi connectivity index (χ4v) is 2.27. The van der Waals surface area contributed by atoms with E-state index in [2.05, 4.69) is 6.58 Å². The predicted octanol–water partition coefficient (Wildman–Crippen LogP) is 5.31. The highest BCUT2D eigenvalue weighted by Crippen LogP contribution is 2.30. The van der Waals surface area contributed by atoms with Crippen molar-refractivity contribution in [1.29, 1.82) is 0 Å². The SMILES string of the molecule is C=C(C)C(=O)Oc1ccc(-c2cc(F)c(OCCOC(C)(C)C)c(F)c2)cc1. The lowest BCUT2D eigenvalue weighted by atomic mass is 10.0. The molecule has 0 saturated heterocycles. The molecule has 4 nitrogen and oxygen atoms in total. The smallest absolute Gasteiger partial charge is 0.338 e. The Morgan fingerprint density at radius 2 is 1.57 bits per heavy atom. The van der Waals surface area contributed by atoms with Gasteiger partial charge in [0.25, 0.3) is 0 Å². The number of carbonyl (C=O) groups is 1. The third-order valence-corrected chi connectivity index (χ3v) is 3.61. The summed E-state index contributed by atoms with van der Waals surface area (Å²) in [5.41, 5.74) is 0.827. The average molecular weight is 390 g/mol. The third-order valence-electron chi connectivity index (χ3n) is 3.61. The van der Waals surface area contributed by atoms with Gasteiger partial charge in [-0.3, -0.25) is 0 Å². The normalized spacial score (nSPS) is 11.2. The average Bonchev–Trinajstić information content (AvgIpc) is 2.59. The van der Waals surface area contributed by atoms with Crippen molar-refractivity contribution in [3.8, 4) is 22.6 Å². The molecule has 0 N–H and O–H groups in total.